The second kappa shape index (κ2) is 7.88. The molecule has 1 aliphatic heterocycles. The van der Waals surface area contributed by atoms with Crippen molar-refractivity contribution in [2.75, 3.05) is 11.3 Å². The standard InChI is InChI=1S/C20H18ClN3O4S/c1-13-16(21)5-2-6-17(13)29(25,26)24-20-19(18-15(11-23-20)7-9-27-18)28-12-14-4-3-8-22-10-14/h2-6,8,10-11H,7,9,12H2,1H3,(H,23,24). The van der Waals surface area contributed by atoms with Gasteiger partial charge >= 0.3 is 0 Å². The van der Waals surface area contributed by atoms with E-state index < -0.39 is 10.0 Å². The molecule has 150 valence electrons. The zero-order valence-electron chi connectivity index (χ0n) is 15.6. The monoisotopic (exact) mass is 431 g/mol. The number of fused-ring (bicyclic) bond motifs is 1. The highest BCUT2D eigenvalue weighted by Crippen LogP contribution is 2.41. The van der Waals surface area contributed by atoms with Crippen molar-refractivity contribution in [3.05, 3.63) is 70.6 Å². The Labute approximate surface area is 173 Å². The minimum absolute atomic E-state index is 0.0638. The molecule has 3 heterocycles. The second-order valence-electron chi connectivity index (χ2n) is 6.51. The molecule has 0 saturated carbocycles. The summed E-state index contributed by atoms with van der Waals surface area (Å²) in [5.41, 5.74) is 2.16. The van der Waals surface area contributed by atoms with Crippen molar-refractivity contribution in [1.29, 1.82) is 0 Å². The molecule has 0 fully saturated rings. The van der Waals surface area contributed by atoms with Gasteiger partial charge in [0.15, 0.2) is 11.6 Å². The molecule has 0 unspecified atom stereocenters. The first-order valence-electron chi connectivity index (χ1n) is 8.90. The molecule has 7 nitrogen and oxygen atoms in total. The Morgan fingerprint density at radius 3 is 2.90 bits per heavy atom. The molecule has 3 aromatic rings. The summed E-state index contributed by atoms with van der Waals surface area (Å²) in [5.74, 6) is 0.824. The Morgan fingerprint density at radius 1 is 1.24 bits per heavy atom. The molecule has 2 aromatic heterocycles. The van der Waals surface area contributed by atoms with Crippen molar-refractivity contribution in [2.45, 2.75) is 24.8 Å². The zero-order chi connectivity index (χ0) is 20.4. The fourth-order valence-electron chi connectivity index (χ4n) is 3.02. The van der Waals surface area contributed by atoms with Gasteiger partial charge in [-0.2, -0.15) is 0 Å². The molecular formula is C20H18ClN3O4S. The molecule has 0 radical (unpaired) electrons. The van der Waals surface area contributed by atoms with Gasteiger partial charge in [0.25, 0.3) is 10.0 Å². The maximum atomic E-state index is 13.0. The van der Waals surface area contributed by atoms with Gasteiger partial charge in [0.2, 0.25) is 5.75 Å². The zero-order valence-corrected chi connectivity index (χ0v) is 17.1. The van der Waals surface area contributed by atoms with Gasteiger partial charge in [0.1, 0.15) is 6.61 Å². The molecular weight excluding hydrogens is 414 g/mol. The van der Waals surface area contributed by atoms with E-state index in [0.717, 1.165) is 11.1 Å². The van der Waals surface area contributed by atoms with E-state index in [4.69, 9.17) is 21.1 Å². The number of pyridine rings is 2. The number of aromatic nitrogens is 2. The Kier molecular flexibility index (Phi) is 5.29. The van der Waals surface area contributed by atoms with Crippen molar-refractivity contribution in [2.24, 2.45) is 0 Å². The van der Waals surface area contributed by atoms with Crippen molar-refractivity contribution < 1.29 is 17.9 Å². The van der Waals surface area contributed by atoms with Gasteiger partial charge in [0, 0.05) is 41.2 Å². The average molecular weight is 432 g/mol. The summed E-state index contributed by atoms with van der Waals surface area (Å²) < 4.78 is 40.1. The van der Waals surface area contributed by atoms with Crippen LogP contribution in [0, 0.1) is 6.92 Å². The summed E-state index contributed by atoms with van der Waals surface area (Å²) in [5, 5.41) is 0.367. The lowest BCUT2D eigenvalue weighted by Crippen LogP contribution is -2.16. The number of nitrogens with zero attached hydrogens (tertiary/aromatic N) is 2. The molecule has 1 N–H and O–H groups in total. The fraction of sp³-hybridized carbons (Fsp3) is 0.200. The van der Waals surface area contributed by atoms with Crippen LogP contribution in [0.1, 0.15) is 16.7 Å². The number of hydrogen-bond donors (Lipinski definition) is 1. The van der Waals surface area contributed by atoms with Gasteiger partial charge in [-0.1, -0.05) is 23.7 Å². The van der Waals surface area contributed by atoms with E-state index in [0.29, 0.717) is 29.4 Å². The predicted molar refractivity (Wildman–Crippen MR) is 109 cm³/mol. The number of hydrogen-bond acceptors (Lipinski definition) is 6. The third-order valence-electron chi connectivity index (χ3n) is 4.52. The van der Waals surface area contributed by atoms with E-state index in [1.165, 1.54) is 6.07 Å². The van der Waals surface area contributed by atoms with Crippen LogP contribution in [0.2, 0.25) is 5.02 Å². The van der Waals surface area contributed by atoms with Crippen LogP contribution in [0.15, 0.2) is 53.8 Å². The lowest BCUT2D eigenvalue weighted by molar-refractivity contribution is 0.277. The number of anilines is 1. The van der Waals surface area contributed by atoms with Crippen LogP contribution >= 0.6 is 11.6 Å². The molecule has 0 aliphatic carbocycles. The molecule has 0 amide bonds. The molecule has 0 spiro atoms. The molecule has 4 rings (SSSR count). The number of sulfonamides is 1. The maximum Gasteiger partial charge on any atom is 0.263 e. The largest absolute Gasteiger partial charge is 0.489 e. The number of rotatable bonds is 6. The van der Waals surface area contributed by atoms with Gasteiger partial charge in [-0.05, 0) is 30.7 Å². The number of ether oxygens (including phenoxy) is 2. The minimum Gasteiger partial charge on any atom is -0.489 e. The molecule has 9 heteroatoms. The SMILES string of the molecule is Cc1c(Cl)cccc1S(=O)(=O)Nc1ncc2c(c1OCc1cccnc1)OCC2. The highest BCUT2D eigenvalue weighted by atomic mass is 35.5. The van der Waals surface area contributed by atoms with Gasteiger partial charge in [-0.3, -0.25) is 9.71 Å². The second-order valence-corrected chi connectivity index (χ2v) is 8.57. The predicted octanol–water partition coefficient (Wildman–Crippen LogP) is 3.75. The fourth-order valence-corrected chi connectivity index (χ4v) is 4.53. The first kappa shape index (κ1) is 19.5. The van der Waals surface area contributed by atoms with E-state index in [-0.39, 0.29) is 23.1 Å². The topological polar surface area (TPSA) is 90.4 Å². The first-order valence-corrected chi connectivity index (χ1v) is 10.8. The van der Waals surface area contributed by atoms with Crippen LogP contribution in [0.4, 0.5) is 5.82 Å². The summed E-state index contributed by atoms with van der Waals surface area (Å²) in [6, 6.07) is 8.38. The first-order chi connectivity index (χ1) is 14.0. The van der Waals surface area contributed by atoms with E-state index in [1.807, 2.05) is 6.07 Å². The normalized spacial score (nSPS) is 12.9. The number of nitrogens with one attached hydrogen (secondary N) is 1. The molecule has 0 atom stereocenters. The Bertz CT molecular complexity index is 1150. The third-order valence-corrected chi connectivity index (χ3v) is 6.42. The third kappa shape index (κ3) is 3.99. The molecule has 29 heavy (non-hydrogen) atoms. The molecule has 0 saturated heterocycles. The van der Waals surface area contributed by atoms with Crippen LogP contribution in [-0.2, 0) is 23.1 Å². The highest BCUT2D eigenvalue weighted by Gasteiger charge is 2.26. The van der Waals surface area contributed by atoms with Crippen molar-refractivity contribution in [3.63, 3.8) is 0 Å². The minimum atomic E-state index is -3.93. The maximum absolute atomic E-state index is 13.0. The van der Waals surface area contributed by atoms with Crippen molar-refractivity contribution >= 4 is 27.4 Å². The summed E-state index contributed by atoms with van der Waals surface area (Å²) in [6.07, 6.45) is 5.63. The van der Waals surface area contributed by atoms with Crippen molar-refractivity contribution in [3.8, 4) is 11.5 Å². The van der Waals surface area contributed by atoms with E-state index in [9.17, 15) is 8.42 Å². The number of benzene rings is 1. The van der Waals surface area contributed by atoms with Crippen LogP contribution < -0.4 is 14.2 Å². The average Bonchev–Trinajstić information content (AvgIpc) is 3.18. The van der Waals surface area contributed by atoms with E-state index in [2.05, 4.69) is 14.7 Å². The van der Waals surface area contributed by atoms with Crippen LogP contribution in [0.5, 0.6) is 11.5 Å². The van der Waals surface area contributed by atoms with Gasteiger partial charge < -0.3 is 9.47 Å². The molecule has 0 bridgehead atoms. The summed E-state index contributed by atoms with van der Waals surface area (Å²) in [6.45, 7) is 2.33. The van der Waals surface area contributed by atoms with Gasteiger partial charge in [-0.25, -0.2) is 13.4 Å². The highest BCUT2D eigenvalue weighted by molar-refractivity contribution is 7.92. The Hall–Kier alpha value is -2.84. The number of halogens is 1. The van der Waals surface area contributed by atoms with E-state index in [1.54, 1.807) is 43.7 Å². The van der Waals surface area contributed by atoms with Crippen LogP contribution in [0.25, 0.3) is 0 Å². The lowest BCUT2D eigenvalue weighted by Gasteiger charge is -2.16. The summed E-state index contributed by atoms with van der Waals surface area (Å²) in [7, 11) is -3.93. The Morgan fingerprint density at radius 2 is 2.10 bits per heavy atom. The van der Waals surface area contributed by atoms with Gasteiger partial charge in [0.05, 0.1) is 11.5 Å². The van der Waals surface area contributed by atoms with E-state index >= 15 is 0 Å². The molecule has 1 aliphatic rings. The summed E-state index contributed by atoms with van der Waals surface area (Å²) >= 11 is 6.09. The van der Waals surface area contributed by atoms with Crippen LogP contribution in [-0.4, -0.2) is 25.0 Å². The smallest absolute Gasteiger partial charge is 0.263 e. The Balaban J connectivity index is 1.69. The van der Waals surface area contributed by atoms with Crippen molar-refractivity contribution in [1.82, 2.24) is 9.97 Å². The quantitative estimate of drug-likeness (QED) is 0.639. The molecule has 1 aromatic carbocycles. The van der Waals surface area contributed by atoms with Gasteiger partial charge in [-0.15, -0.1) is 0 Å². The summed E-state index contributed by atoms with van der Waals surface area (Å²) in [4.78, 5) is 8.41. The lowest BCUT2D eigenvalue weighted by atomic mass is 10.2. The van der Waals surface area contributed by atoms with Crippen LogP contribution in [0.3, 0.4) is 0 Å².